The van der Waals surface area contributed by atoms with E-state index >= 15 is 0 Å². The number of sulfonamides is 1. The van der Waals surface area contributed by atoms with Crippen molar-refractivity contribution in [3.05, 3.63) is 65.0 Å². The number of aromatic nitrogens is 1. The Morgan fingerprint density at radius 3 is 2.63 bits per heavy atom. The lowest BCUT2D eigenvalue weighted by atomic mass is 9.84. The number of benzene rings is 2. The first-order valence-corrected chi connectivity index (χ1v) is 17.0. The number of para-hydroxylation sites is 1. The molecule has 0 bridgehead atoms. The summed E-state index contributed by atoms with van der Waals surface area (Å²) in [5.74, 6) is 0.630. The van der Waals surface area contributed by atoms with Gasteiger partial charge in [-0.25, -0.2) is 16.8 Å². The second-order valence-corrected chi connectivity index (χ2v) is 15.1. The summed E-state index contributed by atoms with van der Waals surface area (Å²) in [6.07, 6.45) is 3.65. The number of nitrogens with zero attached hydrogens (tertiary/aromatic N) is 1. The van der Waals surface area contributed by atoms with E-state index in [1.165, 1.54) is 22.6 Å². The van der Waals surface area contributed by atoms with Crippen LogP contribution in [-0.2, 0) is 24.6 Å². The molecule has 5 rings (SSSR count). The average Bonchev–Trinajstić information content (AvgIpc) is 3.37. The van der Waals surface area contributed by atoms with Gasteiger partial charge in [-0.05, 0) is 68.4 Å². The molecule has 2 fully saturated rings. The van der Waals surface area contributed by atoms with E-state index in [0.29, 0.717) is 42.5 Å². The number of rotatable bonds is 10. The standard InChI is InChI=1S/C29H36N2O8S2/c1-2-40(34,35)24-7-5-6-23(16-24)38-20-22(32)11-10-21-17-29(39-19-21)12-14-31(15-13-29)41(36,37)27-18-30-26-9-4-3-8-25(26)28(27)33/h3-9,16,18,21-22,32H,2,10-15,17,19-20H2,1H3,(H,30,33)/t21-,22+/m1/s1. The first kappa shape index (κ1) is 29.7. The Hall–Kier alpha value is -2.77. The molecule has 0 aliphatic carbocycles. The van der Waals surface area contributed by atoms with Crippen molar-refractivity contribution in [2.24, 2.45) is 5.92 Å². The summed E-state index contributed by atoms with van der Waals surface area (Å²) in [5, 5.41) is 10.8. The van der Waals surface area contributed by atoms with E-state index in [1.807, 2.05) is 0 Å². The van der Waals surface area contributed by atoms with Crippen molar-refractivity contribution in [2.75, 3.05) is 32.1 Å². The fourth-order valence-electron chi connectivity index (χ4n) is 5.71. The molecule has 10 nitrogen and oxygen atoms in total. The monoisotopic (exact) mass is 604 g/mol. The van der Waals surface area contributed by atoms with Gasteiger partial charge >= 0.3 is 0 Å². The summed E-state index contributed by atoms with van der Waals surface area (Å²) in [5.41, 5.74) is -0.315. The molecule has 1 aromatic heterocycles. The summed E-state index contributed by atoms with van der Waals surface area (Å²) in [4.78, 5) is 15.8. The third-order valence-corrected chi connectivity index (χ3v) is 11.8. The van der Waals surface area contributed by atoms with Crippen molar-refractivity contribution < 1.29 is 31.4 Å². The van der Waals surface area contributed by atoms with Crippen LogP contribution in [0.1, 0.15) is 39.0 Å². The molecule has 0 amide bonds. The van der Waals surface area contributed by atoms with Crippen LogP contribution in [-0.4, -0.2) is 75.0 Å². The first-order valence-electron chi connectivity index (χ1n) is 13.9. The molecule has 2 atom stereocenters. The highest BCUT2D eigenvalue weighted by Gasteiger charge is 2.45. The Bertz CT molecular complexity index is 1660. The van der Waals surface area contributed by atoms with Gasteiger partial charge in [-0.2, -0.15) is 4.31 Å². The first-order chi connectivity index (χ1) is 19.5. The van der Waals surface area contributed by atoms with Gasteiger partial charge in [-0.3, -0.25) is 4.79 Å². The summed E-state index contributed by atoms with van der Waals surface area (Å²) >= 11 is 0. The minimum Gasteiger partial charge on any atom is -0.491 e. The molecule has 2 saturated heterocycles. The third-order valence-electron chi connectivity index (χ3n) is 8.19. The molecule has 1 spiro atoms. The number of hydrogen-bond acceptors (Lipinski definition) is 8. The fourth-order valence-corrected chi connectivity index (χ4v) is 8.12. The summed E-state index contributed by atoms with van der Waals surface area (Å²) in [6.45, 7) is 2.72. The van der Waals surface area contributed by atoms with Crippen molar-refractivity contribution in [3.63, 3.8) is 0 Å². The van der Waals surface area contributed by atoms with Crippen LogP contribution >= 0.6 is 0 Å². The van der Waals surface area contributed by atoms with Gasteiger partial charge in [0.2, 0.25) is 15.5 Å². The number of sulfone groups is 1. The number of fused-ring (bicyclic) bond motifs is 1. The normalized spacial score (nSPS) is 20.4. The molecule has 0 saturated carbocycles. The Morgan fingerprint density at radius 1 is 1.12 bits per heavy atom. The highest BCUT2D eigenvalue weighted by Crippen LogP contribution is 2.41. The van der Waals surface area contributed by atoms with E-state index in [0.717, 1.165) is 12.8 Å². The minimum atomic E-state index is -3.95. The Balaban J connectivity index is 1.11. The second-order valence-electron chi connectivity index (χ2n) is 10.9. The van der Waals surface area contributed by atoms with Gasteiger partial charge in [0.05, 0.1) is 29.0 Å². The van der Waals surface area contributed by atoms with Crippen molar-refractivity contribution in [1.29, 1.82) is 0 Å². The van der Waals surface area contributed by atoms with Crippen molar-refractivity contribution in [2.45, 2.75) is 60.5 Å². The number of nitrogens with one attached hydrogen (secondary N) is 1. The zero-order valence-corrected chi connectivity index (χ0v) is 24.6. The number of H-pyrrole nitrogens is 1. The maximum Gasteiger partial charge on any atom is 0.248 e. The molecule has 41 heavy (non-hydrogen) atoms. The molecule has 0 radical (unpaired) electrons. The molecule has 0 unspecified atom stereocenters. The van der Waals surface area contributed by atoms with Crippen LogP contribution in [0.5, 0.6) is 5.75 Å². The summed E-state index contributed by atoms with van der Waals surface area (Å²) in [7, 11) is -7.29. The molecular formula is C29H36N2O8S2. The van der Waals surface area contributed by atoms with Gasteiger partial charge in [0.15, 0.2) is 9.84 Å². The molecule has 3 aromatic rings. The summed E-state index contributed by atoms with van der Waals surface area (Å²) in [6, 6.07) is 13.1. The van der Waals surface area contributed by atoms with Gasteiger partial charge in [0, 0.05) is 30.2 Å². The van der Waals surface area contributed by atoms with E-state index in [2.05, 4.69) is 4.98 Å². The quantitative estimate of drug-likeness (QED) is 0.360. The number of aliphatic hydroxyl groups excluding tert-OH is 1. The predicted molar refractivity (Wildman–Crippen MR) is 154 cm³/mol. The van der Waals surface area contributed by atoms with E-state index in [9.17, 15) is 26.7 Å². The Morgan fingerprint density at radius 2 is 1.88 bits per heavy atom. The lowest BCUT2D eigenvalue weighted by molar-refractivity contribution is -0.0314. The van der Waals surface area contributed by atoms with Crippen LogP contribution in [0.4, 0.5) is 0 Å². The average molecular weight is 605 g/mol. The number of aromatic amines is 1. The van der Waals surface area contributed by atoms with Gasteiger partial charge in [-0.1, -0.05) is 25.1 Å². The van der Waals surface area contributed by atoms with Crippen molar-refractivity contribution >= 4 is 30.8 Å². The van der Waals surface area contributed by atoms with E-state index in [4.69, 9.17) is 9.47 Å². The fraction of sp³-hybridized carbons (Fsp3) is 0.483. The highest BCUT2D eigenvalue weighted by atomic mass is 32.2. The maximum atomic E-state index is 13.3. The van der Waals surface area contributed by atoms with Crippen molar-refractivity contribution in [1.82, 2.24) is 9.29 Å². The van der Waals surface area contributed by atoms with E-state index in [-0.39, 0.29) is 41.2 Å². The molecule has 2 aromatic carbocycles. The molecular weight excluding hydrogens is 568 g/mol. The maximum absolute atomic E-state index is 13.3. The highest BCUT2D eigenvalue weighted by molar-refractivity contribution is 7.91. The van der Waals surface area contributed by atoms with Crippen molar-refractivity contribution in [3.8, 4) is 5.75 Å². The second kappa shape index (κ2) is 11.8. The Kier molecular flexibility index (Phi) is 8.58. The number of ether oxygens (including phenoxy) is 2. The third kappa shape index (κ3) is 6.36. The molecule has 2 N–H and O–H groups in total. The summed E-state index contributed by atoms with van der Waals surface area (Å²) < 4.78 is 64.1. The number of pyridine rings is 1. The van der Waals surface area contributed by atoms with Crippen LogP contribution in [0.3, 0.4) is 0 Å². The largest absolute Gasteiger partial charge is 0.491 e. The smallest absolute Gasteiger partial charge is 0.248 e. The van der Waals surface area contributed by atoms with Crippen LogP contribution in [0.15, 0.2) is 69.3 Å². The van der Waals surface area contributed by atoms with Gasteiger partial charge in [-0.15, -0.1) is 0 Å². The minimum absolute atomic E-state index is 0.00212. The number of hydrogen-bond donors (Lipinski definition) is 2. The predicted octanol–water partition coefficient (Wildman–Crippen LogP) is 3.10. The Labute approximate surface area is 240 Å². The molecule has 3 heterocycles. The van der Waals surface area contributed by atoms with E-state index in [1.54, 1.807) is 43.3 Å². The zero-order valence-electron chi connectivity index (χ0n) is 23.0. The van der Waals surface area contributed by atoms with Gasteiger partial charge in [0.25, 0.3) is 0 Å². The SMILES string of the molecule is CCS(=O)(=O)c1cccc(OC[C@@H](O)CC[C@H]2COC3(CCN(S(=O)(=O)c4c[nH]c5ccccc5c4=O)CC3)C2)c1. The molecule has 12 heteroatoms. The van der Waals surface area contributed by atoms with Gasteiger partial charge in [0.1, 0.15) is 17.3 Å². The van der Waals surface area contributed by atoms with Crippen LogP contribution in [0.25, 0.3) is 10.9 Å². The van der Waals surface area contributed by atoms with Crippen LogP contribution in [0.2, 0.25) is 0 Å². The lowest BCUT2D eigenvalue weighted by Crippen LogP contribution is -2.47. The molecule has 2 aliphatic rings. The number of aliphatic hydroxyl groups is 1. The molecule has 2 aliphatic heterocycles. The zero-order chi connectivity index (χ0) is 29.3. The lowest BCUT2D eigenvalue weighted by Gasteiger charge is -2.38. The van der Waals surface area contributed by atoms with Crippen LogP contribution < -0.4 is 10.2 Å². The molecule has 222 valence electrons. The van der Waals surface area contributed by atoms with Gasteiger partial charge < -0.3 is 19.6 Å². The van der Waals surface area contributed by atoms with E-state index < -0.39 is 37.0 Å². The topological polar surface area (TPSA) is 143 Å². The number of piperidine rings is 1. The van der Waals surface area contributed by atoms with Crippen LogP contribution in [0, 0.1) is 5.92 Å².